The molecule has 0 unspecified atom stereocenters. The summed E-state index contributed by atoms with van der Waals surface area (Å²) >= 11 is 0. The summed E-state index contributed by atoms with van der Waals surface area (Å²) in [5.74, 6) is 0.0621. The number of amides is 1. The van der Waals surface area contributed by atoms with Gasteiger partial charge in [0, 0.05) is 45.0 Å². The number of esters is 1. The van der Waals surface area contributed by atoms with E-state index in [1.54, 1.807) is 30.1 Å². The van der Waals surface area contributed by atoms with Crippen LogP contribution in [0.2, 0.25) is 0 Å². The number of halogens is 1. The summed E-state index contributed by atoms with van der Waals surface area (Å²) in [7, 11) is 2.94. The zero-order valence-corrected chi connectivity index (χ0v) is 22.6. The van der Waals surface area contributed by atoms with Gasteiger partial charge in [-0.1, -0.05) is 29.5 Å². The first-order valence-electron chi connectivity index (χ1n) is 13.3. The molecule has 210 valence electrons. The molecule has 5 rings (SSSR count). The van der Waals surface area contributed by atoms with Gasteiger partial charge in [0.05, 0.1) is 32.5 Å². The predicted octanol–water partition coefficient (Wildman–Crippen LogP) is 2.89. The summed E-state index contributed by atoms with van der Waals surface area (Å²) < 4.78 is 25.0. The summed E-state index contributed by atoms with van der Waals surface area (Å²) in [5.41, 5.74) is 2.13. The number of rotatable bonds is 8. The fourth-order valence-corrected chi connectivity index (χ4v) is 5.27. The summed E-state index contributed by atoms with van der Waals surface area (Å²) in [4.78, 5) is 31.9. The van der Waals surface area contributed by atoms with Crippen molar-refractivity contribution in [1.82, 2.24) is 24.8 Å². The molecule has 2 aromatic carbocycles. The Hall–Kier alpha value is -4.25. The van der Waals surface area contributed by atoms with E-state index in [4.69, 9.17) is 9.47 Å². The van der Waals surface area contributed by atoms with Crippen LogP contribution in [0.5, 0.6) is 5.75 Å². The highest BCUT2D eigenvalue weighted by molar-refractivity contribution is 5.86. The molecule has 0 N–H and O–H groups in total. The zero-order valence-electron chi connectivity index (χ0n) is 22.6. The molecule has 3 aromatic rings. The number of hydrogen-bond donors (Lipinski definition) is 0. The molecule has 0 aliphatic carbocycles. The van der Waals surface area contributed by atoms with Crippen LogP contribution in [0.1, 0.15) is 28.5 Å². The molecule has 0 bridgehead atoms. The largest absolute Gasteiger partial charge is 0.497 e. The lowest BCUT2D eigenvalue weighted by Crippen LogP contribution is -2.53. The van der Waals surface area contributed by atoms with Gasteiger partial charge in [-0.3, -0.25) is 9.69 Å². The van der Waals surface area contributed by atoms with Gasteiger partial charge in [0.1, 0.15) is 11.6 Å². The second-order valence-corrected chi connectivity index (χ2v) is 9.90. The van der Waals surface area contributed by atoms with E-state index in [1.165, 1.54) is 19.2 Å². The molecule has 2 fully saturated rings. The monoisotopic (exact) mass is 548 g/mol. The van der Waals surface area contributed by atoms with Gasteiger partial charge in [-0.05, 0) is 48.4 Å². The van der Waals surface area contributed by atoms with Crippen LogP contribution in [-0.4, -0.2) is 96.2 Å². The second-order valence-electron chi connectivity index (χ2n) is 9.90. The Bertz CT molecular complexity index is 1340. The van der Waals surface area contributed by atoms with Crippen LogP contribution in [0, 0.1) is 5.82 Å². The van der Waals surface area contributed by atoms with E-state index in [0.29, 0.717) is 45.7 Å². The highest BCUT2D eigenvalue weighted by Crippen LogP contribution is 2.29. The molecule has 11 heteroatoms. The third kappa shape index (κ3) is 6.15. The van der Waals surface area contributed by atoms with Gasteiger partial charge in [-0.25, -0.2) is 13.9 Å². The van der Waals surface area contributed by atoms with Crippen molar-refractivity contribution in [3.8, 4) is 5.75 Å². The summed E-state index contributed by atoms with van der Waals surface area (Å²) in [6.45, 7) is 3.69. The summed E-state index contributed by atoms with van der Waals surface area (Å²) in [6, 6.07) is 13.8. The van der Waals surface area contributed by atoms with Crippen LogP contribution in [0.3, 0.4) is 0 Å². The molecule has 2 aliphatic heterocycles. The van der Waals surface area contributed by atoms with Crippen LogP contribution in [0.4, 0.5) is 10.1 Å². The van der Waals surface area contributed by atoms with Crippen LogP contribution in [-0.2, 0) is 9.53 Å². The zero-order chi connectivity index (χ0) is 28.1. The maximum Gasteiger partial charge on any atom is 0.360 e. The first-order valence-corrected chi connectivity index (χ1v) is 13.3. The van der Waals surface area contributed by atoms with E-state index >= 15 is 0 Å². The maximum atomic E-state index is 13.8. The van der Waals surface area contributed by atoms with Crippen molar-refractivity contribution in [1.29, 1.82) is 0 Å². The first-order chi connectivity index (χ1) is 19.4. The number of nitrogens with zero attached hydrogens (tertiary/aromatic N) is 6. The fourth-order valence-electron chi connectivity index (χ4n) is 5.27. The first kappa shape index (κ1) is 27.3. The molecular weight excluding hydrogens is 515 g/mol. The number of aromatic nitrogens is 3. The predicted molar refractivity (Wildman–Crippen MR) is 148 cm³/mol. The van der Waals surface area contributed by atoms with E-state index in [-0.39, 0.29) is 29.5 Å². The topological polar surface area (TPSA) is 93.0 Å². The summed E-state index contributed by atoms with van der Waals surface area (Å²) in [6.07, 6.45) is 6.21. The fraction of sp³-hybridized carbons (Fsp3) is 0.379. The lowest BCUT2D eigenvalue weighted by atomic mass is 10.1. The van der Waals surface area contributed by atoms with E-state index in [1.807, 2.05) is 35.2 Å². The molecule has 1 amide bonds. The van der Waals surface area contributed by atoms with Crippen molar-refractivity contribution >= 4 is 23.6 Å². The Labute approximate surface area is 232 Å². The minimum atomic E-state index is -0.546. The van der Waals surface area contributed by atoms with Crippen molar-refractivity contribution in [3.63, 3.8) is 0 Å². The average molecular weight is 549 g/mol. The number of carbonyl (C=O) groups excluding carboxylic acids is 2. The number of methoxy groups -OCH3 is 2. The van der Waals surface area contributed by atoms with Crippen molar-refractivity contribution in [2.24, 2.45) is 0 Å². The van der Waals surface area contributed by atoms with Gasteiger partial charge < -0.3 is 19.3 Å². The van der Waals surface area contributed by atoms with Gasteiger partial charge in [-0.2, -0.15) is 0 Å². The van der Waals surface area contributed by atoms with Gasteiger partial charge in [0.15, 0.2) is 5.69 Å². The number of ether oxygens (including phenoxy) is 2. The molecule has 0 spiro atoms. The van der Waals surface area contributed by atoms with Crippen molar-refractivity contribution in [2.45, 2.75) is 18.5 Å². The highest BCUT2D eigenvalue weighted by atomic mass is 19.1. The minimum absolute atomic E-state index is 0.0763. The Morgan fingerprint density at radius 3 is 2.42 bits per heavy atom. The molecule has 0 saturated carbocycles. The van der Waals surface area contributed by atoms with Crippen LogP contribution in [0.15, 0.2) is 60.8 Å². The van der Waals surface area contributed by atoms with E-state index < -0.39 is 5.97 Å². The van der Waals surface area contributed by atoms with E-state index in [2.05, 4.69) is 26.2 Å². The third-order valence-electron chi connectivity index (χ3n) is 7.49. The van der Waals surface area contributed by atoms with Gasteiger partial charge in [0.2, 0.25) is 5.91 Å². The van der Waals surface area contributed by atoms with Gasteiger partial charge in [-0.15, -0.1) is 5.10 Å². The second kappa shape index (κ2) is 12.3. The van der Waals surface area contributed by atoms with Crippen LogP contribution < -0.4 is 9.64 Å². The Kier molecular flexibility index (Phi) is 8.40. The van der Waals surface area contributed by atoms with Gasteiger partial charge in [0.25, 0.3) is 0 Å². The minimum Gasteiger partial charge on any atom is -0.497 e. The van der Waals surface area contributed by atoms with Gasteiger partial charge >= 0.3 is 5.97 Å². The third-order valence-corrected chi connectivity index (χ3v) is 7.49. The number of likely N-dealkylation sites (tertiary alicyclic amines) is 1. The Morgan fingerprint density at radius 2 is 1.75 bits per heavy atom. The lowest BCUT2D eigenvalue weighted by Gasteiger charge is -2.38. The van der Waals surface area contributed by atoms with E-state index in [0.717, 1.165) is 17.0 Å². The van der Waals surface area contributed by atoms with Crippen molar-refractivity contribution < 1.29 is 23.5 Å². The lowest BCUT2D eigenvalue weighted by molar-refractivity contribution is -0.136. The molecule has 2 atom stereocenters. The van der Waals surface area contributed by atoms with E-state index in [9.17, 15) is 14.0 Å². The smallest absolute Gasteiger partial charge is 0.360 e. The standard InChI is InChI=1S/C29H33FN6O4/c1-39-25-11-5-21(6-12-25)4-3-13-35-19-24(36-20-26(31-32-36)29(38)40-2)18-27(35)28(37)34-16-14-33(15-17-34)23-9-7-22(30)8-10-23/h3-12,20,24,27H,13-19H2,1-2H3/b4-3+/t24-,27+/m1/s1. The molecule has 0 radical (unpaired) electrons. The number of piperazine rings is 1. The summed E-state index contributed by atoms with van der Waals surface area (Å²) in [5, 5.41) is 8.10. The van der Waals surface area contributed by atoms with Crippen LogP contribution in [0.25, 0.3) is 6.08 Å². The number of benzene rings is 2. The van der Waals surface area contributed by atoms with Crippen molar-refractivity contribution in [2.75, 3.05) is 58.4 Å². The average Bonchev–Trinajstić information content (AvgIpc) is 3.65. The van der Waals surface area contributed by atoms with Crippen LogP contribution >= 0.6 is 0 Å². The number of carbonyl (C=O) groups is 2. The Balaban J connectivity index is 1.28. The molecule has 1 aromatic heterocycles. The number of hydrogen-bond acceptors (Lipinski definition) is 8. The normalized spacial score (nSPS) is 19.8. The Morgan fingerprint density at radius 1 is 1.02 bits per heavy atom. The SMILES string of the molecule is COC(=O)c1cn([C@@H]2C[C@@H](C(=O)N3CCN(c4ccc(F)cc4)CC3)N(C/C=C/c3ccc(OC)cc3)C2)nn1. The quantitative estimate of drug-likeness (QED) is 0.397. The molecule has 2 saturated heterocycles. The molecule has 10 nitrogen and oxygen atoms in total. The highest BCUT2D eigenvalue weighted by Gasteiger charge is 2.40. The van der Waals surface area contributed by atoms with Crippen molar-refractivity contribution in [3.05, 3.63) is 77.9 Å². The molecule has 2 aliphatic rings. The maximum absolute atomic E-state index is 13.8. The molecule has 3 heterocycles. The molecular formula is C29H33FN6O4. The molecule has 40 heavy (non-hydrogen) atoms. The number of anilines is 1.